The molecule has 1 aromatic heterocycles. The quantitative estimate of drug-likeness (QED) is 0.869. The molecular formula is C13H19N5. The molecule has 2 fully saturated rings. The van der Waals surface area contributed by atoms with Gasteiger partial charge in [0.2, 0.25) is 0 Å². The van der Waals surface area contributed by atoms with Crippen molar-refractivity contribution in [2.75, 3.05) is 13.1 Å². The average molecular weight is 245 g/mol. The summed E-state index contributed by atoms with van der Waals surface area (Å²) in [6.45, 7) is 1.85. The summed E-state index contributed by atoms with van der Waals surface area (Å²) < 4.78 is 2.33. The zero-order valence-corrected chi connectivity index (χ0v) is 10.5. The lowest BCUT2D eigenvalue weighted by Crippen LogP contribution is -2.38. The maximum absolute atomic E-state index is 6.04. The minimum atomic E-state index is 0.314. The molecule has 5 nitrogen and oxygen atoms in total. The van der Waals surface area contributed by atoms with Crippen LogP contribution < -0.4 is 5.73 Å². The molecule has 5 heteroatoms. The second-order valence-electron chi connectivity index (χ2n) is 5.77. The highest BCUT2D eigenvalue weighted by molar-refractivity contribution is 5.80. The molecule has 1 aromatic rings. The molecule has 0 radical (unpaired) electrons. The molecule has 0 saturated heterocycles. The van der Waals surface area contributed by atoms with E-state index in [4.69, 9.17) is 5.73 Å². The maximum Gasteiger partial charge on any atom is 0.191 e. The van der Waals surface area contributed by atoms with Crippen LogP contribution in [-0.4, -0.2) is 33.5 Å². The molecule has 0 amide bonds. The molecule has 1 atom stereocenters. The van der Waals surface area contributed by atoms with Gasteiger partial charge < -0.3 is 15.2 Å². The molecule has 0 aromatic carbocycles. The molecule has 0 bridgehead atoms. The van der Waals surface area contributed by atoms with Crippen LogP contribution >= 0.6 is 0 Å². The molecule has 2 heterocycles. The maximum atomic E-state index is 6.04. The smallest absolute Gasteiger partial charge is 0.191 e. The zero-order chi connectivity index (χ0) is 12.1. The zero-order valence-electron chi connectivity index (χ0n) is 10.5. The first-order chi connectivity index (χ1) is 8.83. The fourth-order valence-electron chi connectivity index (χ4n) is 2.81. The highest BCUT2D eigenvalue weighted by atomic mass is 15.3. The average Bonchev–Trinajstić information content (AvgIpc) is 3.28. The number of guanidine groups is 1. The van der Waals surface area contributed by atoms with Crippen molar-refractivity contribution in [3.63, 3.8) is 0 Å². The summed E-state index contributed by atoms with van der Waals surface area (Å²) in [4.78, 5) is 11.0. The van der Waals surface area contributed by atoms with E-state index in [1.165, 1.54) is 31.4 Å². The highest BCUT2D eigenvalue weighted by Crippen LogP contribution is 2.39. The van der Waals surface area contributed by atoms with Crippen molar-refractivity contribution in [2.45, 2.75) is 37.8 Å². The van der Waals surface area contributed by atoms with Gasteiger partial charge in [-0.05, 0) is 31.6 Å². The van der Waals surface area contributed by atoms with Crippen molar-refractivity contribution in [3.8, 4) is 0 Å². The summed E-state index contributed by atoms with van der Waals surface area (Å²) in [6.07, 6.45) is 9.23. The third-order valence-corrected chi connectivity index (χ3v) is 4.23. The first-order valence-corrected chi connectivity index (χ1v) is 6.91. The molecule has 18 heavy (non-hydrogen) atoms. The Kier molecular flexibility index (Phi) is 2.16. The highest BCUT2D eigenvalue weighted by Gasteiger charge is 2.36. The summed E-state index contributed by atoms with van der Waals surface area (Å²) in [5.74, 6) is 1.55. The van der Waals surface area contributed by atoms with Gasteiger partial charge in [-0.2, -0.15) is 0 Å². The number of imidazole rings is 1. The van der Waals surface area contributed by atoms with E-state index in [9.17, 15) is 0 Å². The molecular weight excluding hydrogens is 226 g/mol. The van der Waals surface area contributed by atoms with Crippen molar-refractivity contribution >= 4 is 5.96 Å². The summed E-state index contributed by atoms with van der Waals surface area (Å²) in [6, 6.07) is 0.987. The van der Waals surface area contributed by atoms with E-state index in [-0.39, 0.29) is 0 Å². The van der Waals surface area contributed by atoms with Crippen molar-refractivity contribution in [1.82, 2.24) is 14.5 Å². The second-order valence-corrected chi connectivity index (χ2v) is 5.77. The number of rotatable bonds is 4. The summed E-state index contributed by atoms with van der Waals surface area (Å²) >= 11 is 0. The van der Waals surface area contributed by atoms with Gasteiger partial charge in [-0.15, -0.1) is 0 Å². The van der Waals surface area contributed by atoms with Gasteiger partial charge in [-0.25, -0.2) is 4.98 Å². The van der Waals surface area contributed by atoms with Gasteiger partial charge in [0.25, 0.3) is 0 Å². The largest absolute Gasteiger partial charge is 0.370 e. The van der Waals surface area contributed by atoms with Gasteiger partial charge >= 0.3 is 0 Å². The van der Waals surface area contributed by atoms with Crippen molar-refractivity contribution in [3.05, 3.63) is 18.2 Å². The summed E-state index contributed by atoms with van der Waals surface area (Å²) in [7, 11) is 0. The predicted octanol–water partition coefficient (Wildman–Crippen LogP) is 1.30. The molecule has 3 aliphatic rings. The summed E-state index contributed by atoms with van der Waals surface area (Å²) in [5, 5.41) is 0. The van der Waals surface area contributed by atoms with E-state index >= 15 is 0 Å². The number of hydrogen-bond acceptors (Lipinski definition) is 4. The van der Waals surface area contributed by atoms with Crippen LogP contribution in [0.1, 0.15) is 43.5 Å². The Hall–Kier alpha value is -1.52. The molecule has 1 aliphatic heterocycles. The van der Waals surface area contributed by atoms with Crippen LogP contribution in [0.25, 0.3) is 0 Å². The lowest BCUT2D eigenvalue weighted by molar-refractivity contribution is 0.320. The normalized spacial score (nSPS) is 27.7. The van der Waals surface area contributed by atoms with Crippen LogP contribution in [-0.2, 0) is 0 Å². The van der Waals surface area contributed by atoms with Crippen LogP contribution in [0.2, 0.25) is 0 Å². The first kappa shape index (κ1) is 10.4. The SMILES string of the molecule is NC1=NCC(c2cncn2C2CC2)N1CC1CC1. The molecule has 0 spiro atoms. The van der Waals surface area contributed by atoms with Crippen molar-refractivity contribution in [2.24, 2.45) is 16.6 Å². The van der Waals surface area contributed by atoms with E-state index in [0.717, 1.165) is 25.0 Å². The Morgan fingerprint density at radius 1 is 1.28 bits per heavy atom. The van der Waals surface area contributed by atoms with Crippen molar-refractivity contribution < 1.29 is 0 Å². The Labute approximate surface area is 107 Å². The fourth-order valence-corrected chi connectivity index (χ4v) is 2.81. The number of hydrogen-bond donors (Lipinski definition) is 1. The van der Waals surface area contributed by atoms with Crippen LogP contribution in [0.3, 0.4) is 0 Å². The van der Waals surface area contributed by atoms with E-state index < -0.39 is 0 Å². The molecule has 1 unspecified atom stereocenters. The van der Waals surface area contributed by atoms with Crippen molar-refractivity contribution in [1.29, 1.82) is 0 Å². The lowest BCUT2D eigenvalue weighted by atomic mass is 10.2. The van der Waals surface area contributed by atoms with Crippen LogP contribution in [0.4, 0.5) is 0 Å². The predicted molar refractivity (Wildman–Crippen MR) is 69.2 cm³/mol. The summed E-state index contributed by atoms with van der Waals surface area (Å²) in [5.41, 5.74) is 7.33. The monoisotopic (exact) mass is 245 g/mol. The van der Waals surface area contributed by atoms with Gasteiger partial charge in [0.15, 0.2) is 5.96 Å². The number of nitrogens with two attached hydrogens (primary N) is 1. The van der Waals surface area contributed by atoms with E-state index in [1.54, 1.807) is 0 Å². The minimum Gasteiger partial charge on any atom is -0.370 e. The van der Waals surface area contributed by atoms with E-state index in [2.05, 4.69) is 19.4 Å². The number of aromatic nitrogens is 2. The Morgan fingerprint density at radius 2 is 2.11 bits per heavy atom. The molecule has 96 valence electrons. The minimum absolute atomic E-state index is 0.314. The standard InChI is InChI=1S/C13H19N5/c14-13-16-6-12(17(13)7-9-1-2-9)11-5-15-8-18(11)10-3-4-10/h5,8-10,12H,1-4,6-7H2,(H2,14,16). The van der Waals surface area contributed by atoms with Crippen LogP contribution in [0.15, 0.2) is 17.5 Å². The van der Waals surface area contributed by atoms with E-state index in [1.807, 2.05) is 12.5 Å². The lowest BCUT2D eigenvalue weighted by Gasteiger charge is -2.27. The van der Waals surface area contributed by atoms with Gasteiger partial charge in [-0.1, -0.05) is 0 Å². The Balaban J connectivity index is 1.60. The van der Waals surface area contributed by atoms with E-state index in [0.29, 0.717) is 12.1 Å². The fraction of sp³-hybridized carbons (Fsp3) is 0.692. The number of nitrogens with zero attached hydrogens (tertiary/aromatic N) is 4. The van der Waals surface area contributed by atoms with Crippen LogP contribution in [0, 0.1) is 5.92 Å². The second kappa shape index (κ2) is 3.73. The third kappa shape index (κ3) is 1.69. The molecule has 2 N–H and O–H groups in total. The van der Waals surface area contributed by atoms with Gasteiger partial charge in [0, 0.05) is 12.6 Å². The molecule has 2 saturated carbocycles. The molecule has 2 aliphatic carbocycles. The molecule has 4 rings (SSSR count). The third-order valence-electron chi connectivity index (χ3n) is 4.23. The Morgan fingerprint density at radius 3 is 2.83 bits per heavy atom. The topological polar surface area (TPSA) is 59.4 Å². The van der Waals surface area contributed by atoms with Crippen LogP contribution in [0.5, 0.6) is 0 Å². The first-order valence-electron chi connectivity index (χ1n) is 6.91. The number of aliphatic imine (C=N–C) groups is 1. The van der Waals surface area contributed by atoms with Gasteiger partial charge in [0.05, 0.1) is 30.8 Å². The van der Waals surface area contributed by atoms with Gasteiger partial charge in [0.1, 0.15) is 0 Å². The Bertz CT molecular complexity index is 483. The van der Waals surface area contributed by atoms with Gasteiger partial charge in [-0.3, -0.25) is 4.99 Å².